The largest absolute Gasteiger partial charge is 0.311 e. The van der Waals surface area contributed by atoms with E-state index in [-0.39, 0.29) is 5.41 Å². The molecule has 2 heteroatoms. The van der Waals surface area contributed by atoms with Crippen molar-refractivity contribution in [2.75, 3.05) is 9.80 Å². The highest BCUT2D eigenvalue weighted by molar-refractivity contribution is 6.10. The van der Waals surface area contributed by atoms with E-state index in [0.29, 0.717) is 0 Å². The van der Waals surface area contributed by atoms with Crippen LogP contribution >= 0.6 is 0 Å². The lowest BCUT2D eigenvalue weighted by Crippen LogP contribution is -2.17. The molecule has 1 aliphatic carbocycles. The first-order chi connectivity index (χ1) is 31.0. The van der Waals surface area contributed by atoms with Crippen LogP contribution in [0.2, 0.25) is 0 Å². The lowest BCUT2D eigenvalue weighted by atomic mass is 9.81. The van der Waals surface area contributed by atoms with E-state index in [0.717, 1.165) is 34.0 Å². The average Bonchev–Trinajstić information content (AvgIpc) is 3.59. The van der Waals surface area contributed by atoms with Crippen LogP contribution in [0.5, 0.6) is 0 Å². The van der Waals surface area contributed by atoms with Crippen molar-refractivity contribution in [1.29, 1.82) is 0 Å². The minimum atomic E-state index is -0.129. The molecule has 0 radical (unpaired) electrons. The fraction of sp³-hybridized carbons (Fsp3) is 0.0492. The molecule has 1 aliphatic rings. The molecule has 0 bridgehead atoms. The van der Waals surface area contributed by atoms with Crippen LogP contribution in [0, 0.1) is 0 Å². The average molecular weight is 807 g/mol. The number of rotatable bonds is 9. The Morgan fingerprint density at radius 3 is 1.11 bits per heavy atom. The summed E-state index contributed by atoms with van der Waals surface area (Å²) < 4.78 is 0. The third-order valence-electron chi connectivity index (χ3n) is 12.9. The van der Waals surface area contributed by atoms with Gasteiger partial charge in [-0.2, -0.15) is 0 Å². The molecule has 0 amide bonds. The Hall–Kier alpha value is -7.94. The molecular weight excluding hydrogens is 761 g/mol. The highest BCUT2D eigenvalue weighted by Gasteiger charge is 2.37. The Morgan fingerprint density at radius 1 is 0.286 bits per heavy atom. The van der Waals surface area contributed by atoms with Gasteiger partial charge in [-0.05, 0) is 128 Å². The molecular formula is C61H46N2. The highest BCUT2D eigenvalue weighted by atomic mass is 15.1. The molecule has 11 rings (SSSR count). The Morgan fingerprint density at radius 2 is 0.635 bits per heavy atom. The number of hydrogen-bond donors (Lipinski definition) is 0. The number of nitrogens with zero attached hydrogens (tertiary/aromatic N) is 2. The van der Waals surface area contributed by atoms with Crippen LogP contribution in [-0.4, -0.2) is 0 Å². The maximum absolute atomic E-state index is 2.45. The molecule has 10 aromatic carbocycles. The number of anilines is 6. The topological polar surface area (TPSA) is 6.48 Å². The molecule has 0 aliphatic heterocycles. The van der Waals surface area contributed by atoms with E-state index >= 15 is 0 Å². The summed E-state index contributed by atoms with van der Waals surface area (Å²) in [5.41, 5.74) is 19.2. The third kappa shape index (κ3) is 6.87. The molecule has 0 fully saturated rings. The summed E-state index contributed by atoms with van der Waals surface area (Å²) in [5, 5.41) is 2.52. The Bertz CT molecular complexity index is 3110. The predicted molar refractivity (Wildman–Crippen MR) is 267 cm³/mol. The summed E-state index contributed by atoms with van der Waals surface area (Å²) in [6.07, 6.45) is 0. The molecule has 63 heavy (non-hydrogen) atoms. The molecule has 0 heterocycles. The monoisotopic (exact) mass is 806 g/mol. The Balaban J connectivity index is 0.952. The summed E-state index contributed by atoms with van der Waals surface area (Å²) in [5.74, 6) is 0. The van der Waals surface area contributed by atoms with E-state index in [1.807, 2.05) is 0 Å². The molecule has 0 unspecified atom stereocenters. The van der Waals surface area contributed by atoms with E-state index in [1.165, 1.54) is 66.5 Å². The standard InChI is InChI=1S/C61H46N2/c1-61(2)57-25-15-14-24-56(57)60-55-23-13-12-22-54(55)59(42-58(60)61)63(49-20-10-5-11-21-49)53-40-32-48(33-41-53)47-30-38-52(39-31-47)62(50-34-26-45(27-35-50)43-16-6-3-7-17-43)51-36-28-46(29-37-51)44-18-8-4-9-19-44/h3-42H,1-2H3. The van der Waals surface area contributed by atoms with Gasteiger partial charge < -0.3 is 9.80 Å². The molecule has 0 spiro atoms. The van der Waals surface area contributed by atoms with Crippen molar-refractivity contribution in [3.8, 4) is 44.5 Å². The van der Waals surface area contributed by atoms with Crippen molar-refractivity contribution in [3.63, 3.8) is 0 Å². The second-order valence-electron chi connectivity index (χ2n) is 17.0. The van der Waals surface area contributed by atoms with Gasteiger partial charge >= 0.3 is 0 Å². The molecule has 300 valence electrons. The van der Waals surface area contributed by atoms with Gasteiger partial charge in [0.15, 0.2) is 0 Å². The smallest absolute Gasteiger partial charge is 0.0543 e. The van der Waals surface area contributed by atoms with Crippen LogP contribution in [0.1, 0.15) is 25.0 Å². The maximum atomic E-state index is 2.45. The van der Waals surface area contributed by atoms with Gasteiger partial charge in [-0.25, -0.2) is 0 Å². The second-order valence-corrected chi connectivity index (χ2v) is 17.0. The van der Waals surface area contributed by atoms with Crippen LogP contribution < -0.4 is 9.80 Å². The predicted octanol–water partition coefficient (Wildman–Crippen LogP) is 17.1. The van der Waals surface area contributed by atoms with Crippen LogP contribution in [0.15, 0.2) is 243 Å². The summed E-state index contributed by atoms with van der Waals surface area (Å²) in [7, 11) is 0. The van der Waals surface area contributed by atoms with Crippen LogP contribution in [0.3, 0.4) is 0 Å². The minimum absolute atomic E-state index is 0.129. The zero-order valence-corrected chi connectivity index (χ0v) is 35.5. The number of fused-ring (bicyclic) bond motifs is 5. The Labute approximate surface area is 370 Å². The van der Waals surface area contributed by atoms with Crippen molar-refractivity contribution in [2.45, 2.75) is 19.3 Å². The summed E-state index contributed by atoms with van der Waals surface area (Å²) in [6, 6.07) is 88.0. The number of hydrogen-bond acceptors (Lipinski definition) is 2. The van der Waals surface area contributed by atoms with Gasteiger partial charge in [0.25, 0.3) is 0 Å². The van der Waals surface area contributed by atoms with Crippen LogP contribution in [-0.2, 0) is 5.41 Å². The fourth-order valence-electron chi connectivity index (χ4n) is 9.64. The molecule has 0 saturated heterocycles. The van der Waals surface area contributed by atoms with Gasteiger partial charge in [0.1, 0.15) is 0 Å². The summed E-state index contributed by atoms with van der Waals surface area (Å²) in [4.78, 5) is 4.77. The van der Waals surface area contributed by atoms with Crippen molar-refractivity contribution in [2.24, 2.45) is 0 Å². The maximum Gasteiger partial charge on any atom is 0.0543 e. The zero-order valence-electron chi connectivity index (χ0n) is 35.5. The lowest BCUT2D eigenvalue weighted by Gasteiger charge is -2.30. The first-order valence-corrected chi connectivity index (χ1v) is 21.8. The second kappa shape index (κ2) is 15.8. The summed E-state index contributed by atoms with van der Waals surface area (Å²) >= 11 is 0. The normalized spacial score (nSPS) is 12.4. The van der Waals surface area contributed by atoms with Gasteiger partial charge in [-0.15, -0.1) is 0 Å². The molecule has 2 nitrogen and oxygen atoms in total. The van der Waals surface area contributed by atoms with Crippen LogP contribution in [0.25, 0.3) is 55.3 Å². The Kier molecular flexibility index (Phi) is 9.55. The third-order valence-corrected chi connectivity index (χ3v) is 12.9. The van der Waals surface area contributed by atoms with E-state index in [1.54, 1.807) is 0 Å². The van der Waals surface area contributed by atoms with E-state index in [2.05, 4.69) is 266 Å². The SMILES string of the molecule is CC1(C)c2ccccc2-c2c1cc(N(c1ccccc1)c1ccc(-c3ccc(N(c4ccc(-c5ccccc5)cc4)c4ccc(-c5ccccc5)cc4)cc3)cc1)c1ccccc21. The quantitative estimate of drug-likeness (QED) is 0.143. The van der Waals surface area contributed by atoms with E-state index < -0.39 is 0 Å². The molecule has 10 aromatic rings. The van der Waals surface area contributed by atoms with E-state index in [9.17, 15) is 0 Å². The molecule has 0 saturated carbocycles. The minimum Gasteiger partial charge on any atom is -0.311 e. The number of benzene rings is 10. The van der Waals surface area contributed by atoms with Crippen molar-refractivity contribution in [1.82, 2.24) is 0 Å². The first-order valence-electron chi connectivity index (χ1n) is 21.8. The van der Waals surface area contributed by atoms with Gasteiger partial charge in [-0.3, -0.25) is 0 Å². The van der Waals surface area contributed by atoms with Gasteiger partial charge in [0, 0.05) is 39.2 Å². The highest BCUT2D eigenvalue weighted by Crippen LogP contribution is 2.54. The zero-order chi connectivity index (χ0) is 42.3. The van der Waals surface area contributed by atoms with E-state index in [4.69, 9.17) is 0 Å². The molecule has 0 aromatic heterocycles. The first kappa shape index (κ1) is 38.0. The van der Waals surface area contributed by atoms with Crippen LogP contribution in [0.4, 0.5) is 34.1 Å². The van der Waals surface area contributed by atoms with Crippen molar-refractivity contribution in [3.05, 3.63) is 254 Å². The fourth-order valence-corrected chi connectivity index (χ4v) is 9.64. The van der Waals surface area contributed by atoms with Crippen molar-refractivity contribution >= 4 is 44.9 Å². The van der Waals surface area contributed by atoms with Crippen molar-refractivity contribution < 1.29 is 0 Å². The van der Waals surface area contributed by atoms with Gasteiger partial charge in [0.2, 0.25) is 0 Å². The molecule has 0 atom stereocenters. The molecule has 0 N–H and O–H groups in total. The van der Waals surface area contributed by atoms with Gasteiger partial charge in [-0.1, -0.05) is 190 Å². The van der Waals surface area contributed by atoms with Gasteiger partial charge in [0.05, 0.1) is 5.69 Å². The number of para-hydroxylation sites is 1. The lowest BCUT2D eigenvalue weighted by molar-refractivity contribution is 0.661. The summed E-state index contributed by atoms with van der Waals surface area (Å²) in [6.45, 7) is 4.73.